The van der Waals surface area contributed by atoms with E-state index in [0.717, 1.165) is 11.7 Å². The van der Waals surface area contributed by atoms with Crippen LogP contribution in [0.25, 0.3) is 0 Å². The van der Waals surface area contributed by atoms with Gasteiger partial charge >= 0.3 is 18.5 Å². The molecule has 3 fully saturated rings. The number of guanidine groups is 1. The molecule has 3 heterocycles. The predicted molar refractivity (Wildman–Crippen MR) is 254 cm³/mol. The van der Waals surface area contributed by atoms with Gasteiger partial charge in [0.1, 0.15) is 67.2 Å². The first-order valence-electron chi connectivity index (χ1n) is 22.6. The number of nitrogens with one attached hydrogen (secondary N) is 4. The molecule has 0 bridgehead atoms. The fraction of sp³-hybridized carbons (Fsp3) is 0.809. The summed E-state index contributed by atoms with van der Waals surface area (Å²) in [6.07, 6.45) is 1.61. The molecule has 0 aromatic rings. The molecule has 0 radical (unpaired) electrons. The standard InChI is InChI=1S/2C16H28N2O4.C15H27N3O4/c2*1-14(2)16(5,15(3,4)22-13(20)21-14)11(19)9-8-10-12(17-6)18-7;1-13(2)15(5,14(3,4)22-12(20)21-13)10(19)8-9-18-11(16-6)17-7/h2*8-10H2,1-7H3,(H,17,18);8-9H2,1-7H3,(H2,16,17,18). The summed E-state index contributed by atoms with van der Waals surface area (Å²) in [5.74, 6) is 2.37. The van der Waals surface area contributed by atoms with Crippen molar-refractivity contribution in [2.45, 2.75) is 182 Å². The Labute approximate surface area is 393 Å². The third-order valence-corrected chi connectivity index (χ3v) is 14.8. The van der Waals surface area contributed by atoms with Gasteiger partial charge in [0, 0.05) is 80.9 Å². The third-order valence-electron chi connectivity index (χ3n) is 14.8. The topological polar surface area (TPSA) is 243 Å². The molecule has 3 rings (SSSR count). The molecule has 66 heavy (non-hydrogen) atoms. The number of amidine groups is 2. The lowest BCUT2D eigenvalue weighted by Gasteiger charge is -2.54. The van der Waals surface area contributed by atoms with E-state index in [0.29, 0.717) is 51.0 Å². The lowest BCUT2D eigenvalue weighted by molar-refractivity contribution is -0.223. The highest BCUT2D eigenvalue weighted by Gasteiger charge is 2.66. The third kappa shape index (κ3) is 12.3. The molecule has 0 aliphatic carbocycles. The summed E-state index contributed by atoms with van der Waals surface area (Å²) in [5, 5.41) is 11.9. The number of cyclic esters (lactones) is 6. The van der Waals surface area contributed by atoms with Crippen LogP contribution in [0.1, 0.15) is 149 Å². The van der Waals surface area contributed by atoms with Crippen LogP contribution in [-0.4, -0.2) is 136 Å². The van der Waals surface area contributed by atoms with Crippen LogP contribution in [0.4, 0.5) is 14.4 Å². The summed E-state index contributed by atoms with van der Waals surface area (Å²) < 4.78 is 31.7. The summed E-state index contributed by atoms with van der Waals surface area (Å²) in [7, 11) is 10.5. The molecular weight excluding hydrogens is 855 g/mol. The predicted octanol–water partition coefficient (Wildman–Crippen LogP) is 6.88. The Balaban J connectivity index is 0.000000495. The fourth-order valence-corrected chi connectivity index (χ4v) is 8.97. The quantitative estimate of drug-likeness (QED) is 0.0600. The number of ether oxygens (including phenoxy) is 6. The largest absolute Gasteiger partial charge is 0.509 e. The maximum Gasteiger partial charge on any atom is 0.509 e. The van der Waals surface area contributed by atoms with E-state index in [2.05, 4.69) is 36.2 Å². The van der Waals surface area contributed by atoms with Crippen LogP contribution in [0.15, 0.2) is 15.0 Å². The highest BCUT2D eigenvalue weighted by Crippen LogP contribution is 2.52. The van der Waals surface area contributed by atoms with Crippen molar-refractivity contribution in [3.05, 3.63) is 0 Å². The lowest BCUT2D eigenvalue weighted by atomic mass is 9.61. The highest BCUT2D eigenvalue weighted by molar-refractivity contribution is 5.91. The molecule has 0 atom stereocenters. The van der Waals surface area contributed by atoms with E-state index >= 15 is 0 Å². The summed E-state index contributed by atoms with van der Waals surface area (Å²) in [5.41, 5.74) is -8.39. The Hall–Kier alpha value is -4.97. The minimum Gasteiger partial charge on any atom is -0.427 e. The van der Waals surface area contributed by atoms with E-state index in [1.807, 2.05) is 27.9 Å². The van der Waals surface area contributed by atoms with Crippen molar-refractivity contribution in [2.75, 3.05) is 48.8 Å². The number of carbonyl (C=O) groups is 6. The van der Waals surface area contributed by atoms with Gasteiger partial charge in [-0.2, -0.15) is 0 Å². The van der Waals surface area contributed by atoms with E-state index in [9.17, 15) is 28.8 Å². The number of ketones is 3. The van der Waals surface area contributed by atoms with Gasteiger partial charge in [-0.15, -0.1) is 0 Å². The zero-order valence-electron chi connectivity index (χ0n) is 43.9. The smallest absolute Gasteiger partial charge is 0.427 e. The molecule has 19 nitrogen and oxygen atoms in total. The molecule has 0 aromatic carbocycles. The maximum absolute atomic E-state index is 12.9. The first kappa shape index (κ1) is 59.0. The van der Waals surface area contributed by atoms with E-state index in [1.54, 1.807) is 118 Å². The number of hydrogen-bond donors (Lipinski definition) is 4. The van der Waals surface area contributed by atoms with Crippen LogP contribution < -0.4 is 21.3 Å². The molecule has 3 saturated heterocycles. The van der Waals surface area contributed by atoms with Gasteiger partial charge < -0.3 is 49.7 Å². The van der Waals surface area contributed by atoms with Gasteiger partial charge in [0.25, 0.3) is 0 Å². The van der Waals surface area contributed by atoms with E-state index in [4.69, 9.17) is 28.4 Å². The summed E-state index contributed by atoms with van der Waals surface area (Å²) in [4.78, 5) is 85.6. The number of Topliss-reactive ketones (excluding diaryl/α,β-unsaturated/α-hetero) is 3. The van der Waals surface area contributed by atoms with Gasteiger partial charge in [-0.3, -0.25) is 29.4 Å². The molecule has 3 aliphatic rings. The Kier molecular flexibility index (Phi) is 19.9. The first-order valence-corrected chi connectivity index (χ1v) is 22.6. The highest BCUT2D eigenvalue weighted by atomic mass is 16.8. The molecule has 19 heteroatoms. The Morgan fingerprint density at radius 2 is 0.667 bits per heavy atom. The molecule has 0 aromatic heterocycles. The summed E-state index contributed by atoms with van der Waals surface area (Å²) in [6.45, 7) is 26.9. The van der Waals surface area contributed by atoms with Gasteiger partial charge in [-0.25, -0.2) is 14.4 Å². The Bertz CT molecular complexity index is 1590. The number of nitrogens with zero attached hydrogens (tertiary/aromatic N) is 3. The zero-order chi connectivity index (χ0) is 51.5. The van der Waals surface area contributed by atoms with Crippen molar-refractivity contribution >= 4 is 53.4 Å². The van der Waals surface area contributed by atoms with Gasteiger partial charge in [0.2, 0.25) is 0 Å². The van der Waals surface area contributed by atoms with Crippen LogP contribution in [-0.2, 0) is 42.8 Å². The summed E-state index contributed by atoms with van der Waals surface area (Å²) in [6, 6.07) is 0. The second kappa shape index (κ2) is 22.2. The van der Waals surface area contributed by atoms with Crippen LogP contribution in [0.2, 0.25) is 0 Å². The van der Waals surface area contributed by atoms with Crippen LogP contribution in [0, 0.1) is 16.2 Å². The number of carbonyl (C=O) groups excluding carboxylic acids is 6. The van der Waals surface area contributed by atoms with Crippen LogP contribution in [0.3, 0.4) is 0 Å². The van der Waals surface area contributed by atoms with Gasteiger partial charge in [0.15, 0.2) is 5.96 Å². The minimum absolute atomic E-state index is 0.0292. The van der Waals surface area contributed by atoms with Gasteiger partial charge in [-0.05, 0) is 117 Å². The number of rotatable bonds is 14. The SMILES string of the molecule is CN=C(CCCC(=O)C1(C)C(C)(C)OC(=O)OC1(C)C)NC.CN=C(CCCC(=O)C1(C)C(C)(C)OC(=O)OC1(C)C)NC.CN=C(NC)NCCC(=O)C1(C)C(C)(C)OC(=O)OC1(C)C. The van der Waals surface area contributed by atoms with Crippen molar-refractivity contribution in [1.82, 2.24) is 21.3 Å². The minimum atomic E-state index is -0.960. The average Bonchev–Trinajstić information content (AvgIpc) is 3.18. The van der Waals surface area contributed by atoms with Gasteiger partial charge in [-0.1, -0.05) is 0 Å². The molecule has 0 amide bonds. The van der Waals surface area contributed by atoms with E-state index < -0.39 is 68.3 Å². The zero-order valence-corrected chi connectivity index (χ0v) is 43.9. The van der Waals surface area contributed by atoms with Crippen molar-refractivity contribution in [3.63, 3.8) is 0 Å². The average molecular weight is 938 g/mol. The van der Waals surface area contributed by atoms with E-state index in [1.165, 1.54) is 0 Å². The molecule has 378 valence electrons. The molecule has 0 spiro atoms. The lowest BCUT2D eigenvalue weighted by Crippen LogP contribution is -2.66. The van der Waals surface area contributed by atoms with Crippen molar-refractivity contribution in [3.8, 4) is 0 Å². The normalized spacial score (nSPS) is 22.4. The molecule has 3 aliphatic heterocycles. The molecule has 0 unspecified atom stereocenters. The first-order chi connectivity index (χ1) is 30.0. The fourth-order valence-electron chi connectivity index (χ4n) is 8.97. The maximum atomic E-state index is 12.9. The van der Waals surface area contributed by atoms with Crippen LogP contribution >= 0.6 is 0 Å². The Morgan fingerprint density at radius 3 is 0.879 bits per heavy atom. The monoisotopic (exact) mass is 938 g/mol. The summed E-state index contributed by atoms with van der Waals surface area (Å²) >= 11 is 0. The van der Waals surface area contributed by atoms with Crippen molar-refractivity contribution in [2.24, 2.45) is 31.2 Å². The second-order valence-corrected chi connectivity index (χ2v) is 20.1. The van der Waals surface area contributed by atoms with E-state index in [-0.39, 0.29) is 23.8 Å². The Morgan fingerprint density at radius 1 is 0.409 bits per heavy atom. The van der Waals surface area contributed by atoms with Crippen LogP contribution in [0.5, 0.6) is 0 Å². The second-order valence-electron chi connectivity index (χ2n) is 20.1. The molecule has 4 N–H and O–H groups in total. The van der Waals surface area contributed by atoms with Gasteiger partial charge in [0.05, 0.1) is 11.7 Å². The number of aliphatic imine (C=N–C) groups is 3. The molecular formula is C47H83N7O12. The number of hydrogen-bond acceptors (Lipinski definition) is 15. The van der Waals surface area contributed by atoms with Crippen molar-refractivity contribution < 1.29 is 57.2 Å². The van der Waals surface area contributed by atoms with Crippen molar-refractivity contribution in [1.29, 1.82) is 0 Å². The molecule has 0 saturated carbocycles.